The van der Waals surface area contributed by atoms with Crippen LogP contribution in [0.15, 0.2) is 72.8 Å². The lowest BCUT2D eigenvalue weighted by Gasteiger charge is -2.36. The molecule has 0 saturated carbocycles. The fraction of sp³-hybridized carbons (Fsp3) is 0.222. The number of carbonyl (C=O) groups is 3. The predicted molar refractivity (Wildman–Crippen MR) is 132 cm³/mol. The summed E-state index contributed by atoms with van der Waals surface area (Å²) < 4.78 is 5.14. The first kappa shape index (κ1) is 23.0. The van der Waals surface area contributed by atoms with E-state index in [-0.39, 0.29) is 17.6 Å². The number of anilines is 2. The molecule has 4 rings (SSSR count). The van der Waals surface area contributed by atoms with E-state index in [1.807, 2.05) is 24.3 Å². The molecule has 1 heterocycles. The second-order valence-corrected chi connectivity index (χ2v) is 8.11. The van der Waals surface area contributed by atoms with Crippen LogP contribution < -0.4 is 15.0 Å². The summed E-state index contributed by atoms with van der Waals surface area (Å²) in [5.41, 5.74) is 3.14. The molecule has 0 aromatic heterocycles. The number of ether oxygens (including phenoxy) is 1. The Balaban J connectivity index is 1.41. The van der Waals surface area contributed by atoms with Crippen molar-refractivity contribution in [3.63, 3.8) is 0 Å². The largest absolute Gasteiger partial charge is 0.497 e. The molecule has 0 bridgehead atoms. The zero-order valence-corrected chi connectivity index (χ0v) is 19.3. The third-order valence-corrected chi connectivity index (χ3v) is 5.96. The van der Waals surface area contributed by atoms with Crippen molar-refractivity contribution in [2.45, 2.75) is 6.92 Å². The Morgan fingerprint density at radius 1 is 0.794 bits per heavy atom. The molecule has 1 aliphatic heterocycles. The van der Waals surface area contributed by atoms with Gasteiger partial charge >= 0.3 is 0 Å². The van der Waals surface area contributed by atoms with Gasteiger partial charge in [-0.2, -0.15) is 0 Å². The standard InChI is InChI=1S/C27H27N3O4/c1-19(31)20-7-11-22(12-8-20)29-15-17-30(18-16-29)27(33)24-5-3-4-6-25(24)28-26(32)21-9-13-23(34-2)14-10-21/h3-14H,15-18H2,1-2H3,(H,28,32). The van der Waals surface area contributed by atoms with E-state index in [1.54, 1.807) is 67.5 Å². The molecule has 1 fully saturated rings. The Hall–Kier alpha value is -4.13. The molecule has 7 heteroatoms. The lowest BCUT2D eigenvalue weighted by molar-refractivity contribution is 0.0747. The molecule has 0 radical (unpaired) electrons. The highest BCUT2D eigenvalue weighted by Gasteiger charge is 2.24. The quantitative estimate of drug-likeness (QED) is 0.564. The van der Waals surface area contributed by atoms with Crippen LogP contribution in [0.5, 0.6) is 5.75 Å². The number of ketones is 1. The first-order valence-corrected chi connectivity index (χ1v) is 11.2. The van der Waals surface area contributed by atoms with Crippen molar-refractivity contribution < 1.29 is 19.1 Å². The van der Waals surface area contributed by atoms with E-state index in [1.165, 1.54) is 0 Å². The van der Waals surface area contributed by atoms with E-state index in [0.717, 1.165) is 5.69 Å². The van der Waals surface area contributed by atoms with E-state index in [0.29, 0.717) is 54.3 Å². The van der Waals surface area contributed by atoms with Crippen molar-refractivity contribution >= 4 is 29.0 Å². The highest BCUT2D eigenvalue weighted by molar-refractivity contribution is 6.09. The van der Waals surface area contributed by atoms with Crippen molar-refractivity contribution in [2.24, 2.45) is 0 Å². The molecule has 7 nitrogen and oxygen atoms in total. The predicted octanol–water partition coefficient (Wildman–Crippen LogP) is 4.11. The number of nitrogens with zero attached hydrogens (tertiary/aromatic N) is 2. The maximum atomic E-state index is 13.3. The molecule has 34 heavy (non-hydrogen) atoms. The smallest absolute Gasteiger partial charge is 0.256 e. The number of carbonyl (C=O) groups excluding carboxylic acids is 3. The highest BCUT2D eigenvalue weighted by atomic mass is 16.5. The van der Waals surface area contributed by atoms with E-state index in [2.05, 4.69) is 10.2 Å². The Bertz CT molecular complexity index is 1180. The highest BCUT2D eigenvalue weighted by Crippen LogP contribution is 2.22. The molecule has 1 aliphatic rings. The van der Waals surface area contributed by atoms with Crippen LogP contribution in [0.1, 0.15) is 38.0 Å². The van der Waals surface area contributed by atoms with Crippen LogP contribution in [-0.2, 0) is 0 Å². The third kappa shape index (κ3) is 5.09. The molecule has 3 aromatic carbocycles. The molecule has 1 N–H and O–H groups in total. The number of hydrogen-bond acceptors (Lipinski definition) is 5. The van der Waals surface area contributed by atoms with Crippen molar-refractivity contribution in [2.75, 3.05) is 43.5 Å². The third-order valence-electron chi connectivity index (χ3n) is 5.96. The topological polar surface area (TPSA) is 79.0 Å². The van der Waals surface area contributed by atoms with Gasteiger partial charge in [-0.25, -0.2) is 0 Å². The van der Waals surface area contributed by atoms with Gasteiger partial charge in [0.15, 0.2) is 5.78 Å². The summed E-state index contributed by atoms with van der Waals surface area (Å²) in [5, 5.41) is 2.87. The van der Waals surface area contributed by atoms with Crippen molar-refractivity contribution in [3.05, 3.63) is 89.5 Å². The van der Waals surface area contributed by atoms with Crippen LogP contribution in [0.25, 0.3) is 0 Å². The average Bonchev–Trinajstić information content (AvgIpc) is 2.89. The lowest BCUT2D eigenvalue weighted by atomic mass is 10.1. The van der Waals surface area contributed by atoms with E-state index in [4.69, 9.17) is 4.74 Å². The Kier molecular flexibility index (Phi) is 6.92. The number of rotatable bonds is 6. The first-order chi connectivity index (χ1) is 16.5. The number of methoxy groups -OCH3 is 1. The summed E-state index contributed by atoms with van der Waals surface area (Å²) in [6.07, 6.45) is 0. The average molecular weight is 458 g/mol. The maximum absolute atomic E-state index is 13.3. The van der Waals surface area contributed by atoms with Gasteiger partial charge in [0, 0.05) is 43.0 Å². The van der Waals surface area contributed by atoms with Crippen molar-refractivity contribution in [3.8, 4) is 5.75 Å². The number of para-hydroxylation sites is 1. The van der Waals surface area contributed by atoms with Crippen LogP contribution in [-0.4, -0.2) is 55.8 Å². The number of piperazine rings is 1. The van der Waals surface area contributed by atoms with E-state index in [9.17, 15) is 14.4 Å². The van der Waals surface area contributed by atoms with Gasteiger partial charge in [-0.1, -0.05) is 12.1 Å². The van der Waals surface area contributed by atoms with Crippen LogP contribution in [0, 0.1) is 0 Å². The van der Waals surface area contributed by atoms with Crippen LogP contribution in [0.3, 0.4) is 0 Å². The van der Waals surface area contributed by atoms with E-state index < -0.39 is 0 Å². The SMILES string of the molecule is COc1ccc(C(=O)Nc2ccccc2C(=O)N2CCN(c3ccc(C(C)=O)cc3)CC2)cc1. The second kappa shape index (κ2) is 10.2. The van der Waals surface area contributed by atoms with E-state index >= 15 is 0 Å². The van der Waals surface area contributed by atoms with Crippen molar-refractivity contribution in [1.82, 2.24) is 4.90 Å². The summed E-state index contributed by atoms with van der Waals surface area (Å²) in [6.45, 7) is 4.05. The van der Waals surface area contributed by atoms with Crippen LogP contribution in [0.4, 0.5) is 11.4 Å². The normalized spacial score (nSPS) is 13.4. The van der Waals surface area contributed by atoms with Gasteiger partial charge in [-0.3, -0.25) is 14.4 Å². The monoisotopic (exact) mass is 457 g/mol. The molecular formula is C27H27N3O4. The molecule has 0 spiro atoms. The lowest BCUT2D eigenvalue weighted by Crippen LogP contribution is -2.49. The van der Waals surface area contributed by atoms with Gasteiger partial charge in [0.05, 0.1) is 18.4 Å². The number of amides is 2. The summed E-state index contributed by atoms with van der Waals surface area (Å²) in [6, 6.07) is 21.4. The van der Waals surface area contributed by atoms with Gasteiger partial charge in [-0.15, -0.1) is 0 Å². The number of benzene rings is 3. The Morgan fingerprint density at radius 3 is 2.03 bits per heavy atom. The van der Waals surface area contributed by atoms with Crippen molar-refractivity contribution in [1.29, 1.82) is 0 Å². The van der Waals surface area contributed by atoms with Gasteiger partial charge in [-0.05, 0) is 67.6 Å². The summed E-state index contributed by atoms with van der Waals surface area (Å²) in [5.74, 6) is 0.305. The van der Waals surface area contributed by atoms with Gasteiger partial charge in [0.25, 0.3) is 11.8 Å². The molecule has 2 amide bonds. The van der Waals surface area contributed by atoms with Gasteiger partial charge < -0.3 is 19.9 Å². The fourth-order valence-corrected chi connectivity index (χ4v) is 3.96. The summed E-state index contributed by atoms with van der Waals surface area (Å²) in [4.78, 5) is 41.5. The minimum atomic E-state index is -0.290. The minimum Gasteiger partial charge on any atom is -0.497 e. The molecule has 0 atom stereocenters. The Morgan fingerprint density at radius 2 is 1.41 bits per heavy atom. The fourth-order valence-electron chi connectivity index (χ4n) is 3.96. The van der Waals surface area contributed by atoms with Crippen LogP contribution in [0.2, 0.25) is 0 Å². The summed E-state index contributed by atoms with van der Waals surface area (Å²) >= 11 is 0. The van der Waals surface area contributed by atoms with Crippen LogP contribution >= 0.6 is 0 Å². The molecular weight excluding hydrogens is 430 g/mol. The number of Topliss-reactive ketones (excluding diaryl/α,β-unsaturated/α-hetero) is 1. The first-order valence-electron chi connectivity index (χ1n) is 11.2. The number of hydrogen-bond donors (Lipinski definition) is 1. The number of nitrogens with one attached hydrogen (secondary N) is 1. The molecule has 3 aromatic rings. The minimum absolute atomic E-state index is 0.0414. The molecule has 1 saturated heterocycles. The zero-order chi connectivity index (χ0) is 24.1. The Labute approximate surface area is 198 Å². The molecule has 0 unspecified atom stereocenters. The second-order valence-electron chi connectivity index (χ2n) is 8.11. The van der Waals surface area contributed by atoms with Gasteiger partial charge in [0.2, 0.25) is 0 Å². The maximum Gasteiger partial charge on any atom is 0.256 e. The summed E-state index contributed by atoms with van der Waals surface area (Å²) in [7, 11) is 1.57. The molecule has 0 aliphatic carbocycles. The van der Waals surface area contributed by atoms with Gasteiger partial charge in [0.1, 0.15) is 5.75 Å². The zero-order valence-electron chi connectivity index (χ0n) is 19.3. The molecule has 174 valence electrons.